The van der Waals surface area contributed by atoms with E-state index in [0.717, 1.165) is 36.0 Å². The van der Waals surface area contributed by atoms with Gasteiger partial charge in [0, 0.05) is 15.7 Å². The third-order valence-corrected chi connectivity index (χ3v) is 3.73. The van der Waals surface area contributed by atoms with Gasteiger partial charge in [-0.2, -0.15) is 0 Å². The number of halogens is 1. The summed E-state index contributed by atoms with van der Waals surface area (Å²) in [6.07, 6.45) is 2.33. The number of hydrogen-bond acceptors (Lipinski definition) is 3. The Hall–Kier alpha value is -0.870. The molecule has 0 bridgehead atoms. The van der Waals surface area contributed by atoms with Crippen LogP contribution >= 0.6 is 15.9 Å². The summed E-state index contributed by atoms with van der Waals surface area (Å²) in [5.74, 6) is 0.164. The summed E-state index contributed by atoms with van der Waals surface area (Å²) in [6, 6.07) is 5.53. The molecule has 0 saturated carbocycles. The maximum Gasteiger partial charge on any atom is 0.151 e. The standard InChI is InChI=1S/C13H17BrN2O/c1-9(17)13(16-6-2-3-7-16)11-8-10(14)4-5-12(11)15/h4-5,8,13H,2-3,6-7,15H2,1H3. The van der Waals surface area contributed by atoms with Crippen molar-refractivity contribution in [2.75, 3.05) is 18.8 Å². The number of likely N-dealkylation sites (tertiary alicyclic amines) is 1. The Balaban J connectivity index is 2.37. The van der Waals surface area contributed by atoms with Crippen LogP contribution in [0.1, 0.15) is 31.4 Å². The highest BCUT2D eigenvalue weighted by Crippen LogP contribution is 2.31. The molecule has 0 aliphatic carbocycles. The van der Waals surface area contributed by atoms with Gasteiger partial charge in [-0.05, 0) is 51.1 Å². The molecule has 17 heavy (non-hydrogen) atoms. The summed E-state index contributed by atoms with van der Waals surface area (Å²) in [6.45, 7) is 3.61. The zero-order valence-corrected chi connectivity index (χ0v) is 11.5. The second kappa shape index (κ2) is 5.19. The van der Waals surface area contributed by atoms with Crippen LogP contribution in [0.15, 0.2) is 22.7 Å². The minimum atomic E-state index is -0.185. The van der Waals surface area contributed by atoms with Gasteiger partial charge in [-0.3, -0.25) is 9.69 Å². The Labute approximate surface area is 110 Å². The van der Waals surface area contributed by atoms with Gasteiger partial charge < -0.3 is 5.73 Å². The summed E-state index contributed by atoms with van der Waals surface area (Å²) in [7, 11) is 0. The molecule has 1 aromatic carbocycles. The second-order valence-electron chi connectivity index (χ2n) is 4.53. The monoisotopic (exact) mass is 296 g/mol. The first-order valence-electron chi connectivity index (χ1n) is 5.89. The van der Waals surface area contributed by atoms with Gasteiger partial charge in [-0.15, -0.1) is 0 Å². The average Bonchev–Trinajstić information content (AvgIpc) is 2.76. The first-order valence-corrected chi connectivity index (χ1v) is 6.68. The van der Waals surface area contributed by atoms with Crippen LogP contribution in [-0.2, 0) is 4.79 Å². The molecule has 1 aliphatic rings. The molecule has 1 atom stereocenters. The van der Waals surface area contributed by atoms with Crippen molar-refractivity contribution in [3.8, 4) is 0 Å². The highest BCUT2D eigenvalue weighted by Gasteiger charge is 2.28. The van der Waals surface area contributed by atoms with Crippen LogP contribution in [0.5, 0.6) is 0 Å². The summed E-state index contributed by atoms with van der Waals surface area (Å²) >= 11 is 3.44. The lowest BCUT2D eigenvalue weighted by atomic mass is 10.0. The Bertz CT molecular complexity index is 427. The van der Waals surface area contributed by atoms with Crippen molar-refractivity contribution < 1.29 is 4.79 Å². The maximum atomic E-state index is 11.9. The zero-order valence-electron chi connectivity index (χ0n) is 9.95. The van der Waals surface area contributed by atoms with Crippen LogP contribution < -0.4 is 5.73 Å². The van der Waals surface area contributed by atoms with Gasteiger partial charge in [0.25, 0.3) is 0 Å². The predicted octanol–water partition coefficient (Wildman–Crippen LogP) is 2.76. The topological polar surface area (TPSA) is 46.3 Å². The van der Waals surface area contributed by atoms with Crippen molar-refractivity contribution in [3.05, 3.63) is 28.2 Å². The van der Waals surface area contributed by atoms with E-state index >= 15 is 0 Å². The van der Waals surface area contributed by atoms with Crippen molar-refractivity contribution in [3.63, 3.8) is 0 Å². The van der Waals surface area contributed by atoms with Gasteiger partial charge in [-0.25, -0.2) is 0 Å². The number of ketones is 1. The van der Waals surface area contributed by atoms with E-state index in [4.69, 9.17) is 5.73 Å². The first-order chi connectivity index (χ1) is 8.09. The van der Waals surface area contributed by atoms with E-state index in [1.54, 1.807) is 6.92 Å². The molecule has 1 fully saturated rings. The van der Waals surface area contributed by atoms with Crippen molar-refractivity contribution >= 4 is 27.4 Å². The molecule has 1 aliphatic heterocycles. The van der Waals surface area contributed by atoms with E-state index in [9.17, 15) is 4.79 Å². The maximum absolute atomic E-state index is 11.9. The number of carbonyl (C=O) groups is 1. The lowest BCUT2D eigenvalue weighted by molar-refractivity contribution is -0.122. The third kappa shape index (κ3) is 2.69. The fourth-order valence-electron chi connectivity index (χ4n) is 2.45. The van der Waals surface area contributed by atoms with Gasteiger partial charge in [0.2, 0.25) is 0 Å². The Morgan fingerprint density at radius 1 is 1.41 bits per heavy atom. The molecule has 4 heteroatoms. The van der Waals surface area contributed by atoms with Gasteiger partial charge in [0.1, 0.15) is 0 Å². The van der Waals surface area contributed by atoms with E-state index < -0.39 is 0 Å². The minimum Gasteiger partial charge on any atom is -0.398 e. The minimum absolute atomic E-state index is 0.164. The molecule has 0 spiro atoms. The van der Waals surface area contributed by atoms with E-state index in [0.29, 0.717) is 5.69 Å². The molecule has 1 unspecified atom stereocenters. The molecule has 1 saturated heterocycles. The number of rotatable bonds is 3. The fourth-order valence-corrected chi connectivity index (χ4v) is 2.83. The Kier molecular flexibility index (Phi) is 3.84. The quantitative estimate of drug-likeness (QED) is 0.873. The molecule has 0 amide bonds. The van der Waals surface area contributed by atoms with E-state index in [-0.39, 0.29) is 11.8 Å². The summed E-state index contributed by atoms with van der Waals surface area (Å²) in [5.41, 5.74) is 7.62. The van der Waals surface area contributed by atoms with Crippen LogP contribution in [0.3, 0.4) is 0 Å². The van der Waals surface area contributed by atoms with E-state index in [2.05, 4.69) is 20.8 Å². The van der Waals surface area contributed by atoms with E-state index in [1.165, 1.54) is 0 Å². The molecule has 2 N–H and O–H groups in total. The summed E-state index contributed by atoms with van der Waals surface area (Å²) in [5, 5.41) is 0. The molecule has 0 aromatic heterocycles. The van der Waals surface area contributed by atoms with E-state index in [1.807, 2.05) is 18.2 Å². The van der Waals surface area contributed by atoms with Gasteiger partial charge in [0.15, 0.2) is 5.78 Å². The largest absolute Gasteiger partial charge is 0.398 e. The van der Waals surface area contributed by atoms with Gasteiger partial charge in [-0.1, -0.05) is 15.9 Å². The number of nitrogen functional groups attached to an aromatic ring is 1. The van der Waals surface area contributed by atoms with Crippen LogP contribution in [-0.4, -0.2) is 23.8 Å². The smallest absolute Gasteiger partial charge is 0.151 e. The number of nitrogens with zero attached hydrogens (tertiary/aromatic N) is 1. The van der Waals surface area contributed by atoms with Crippen molar-refractivity contribution in [1.29, 1.82) is 0 Å². The van der Waals surface area contributed by atoms with Gasteiger partial charge in [0.05, 0.1) is 6.04 Å². The highest BCUT2D eigenvalue weighted by atomic mass is 79.9. The number of hydrogen-bond donors (Lipinski definition) is 1. The third-order valence-electron chi connectivity index (χ3n) is 3.23. The lowest BCUT2D eigenvalue weighted by Crippen LogP contribution is -2.31. The lowest BCUT2D eigenvalue weighted by Gasteiger charge is -2.26. The van der Waals surface area contributed by atoms with Crippen molar-refractivity contribution in [2.24, 2.45) is 0 Å². The molecule has 1 aromatic rings. The van der Waals surface area contributed by atoms with Crippen molar-refractivity contribution in [2.45, 2.75) is 25.8 Å². The predicted molar refractivity (Wildman–Crippen MR) is 72.8 cm³/mol. The Morgan fingerprint density at radius 3 is 2.65 bits per heavy atom. The number of Topliss-reactive ketones (excluding diaryl/α,β-unsaturated/α-hetero) is 1. The molecular formula is C13H17BrN2O. The number of nitrogens with two attached hydrogens (primary N) is 1. The first kappa shape index (κ1) is 12.6. The number of benzene rings is 1. The van der Waals surface area contributed by atoms with Crippen LogP contribution in [0.25, 0.3) is 0 Å². The molecule has 0 radical (unpaired) electrons. The normalized spacial score (nSPS) is 18.2. The fraction of sp³-hybridized carbons (Fsp3) is 0.462. The number of anilines is 1. The Morgan fingerprint density at radius 2 is 2.06 bits per heavy atom. The van der Waals surface area contributed by atoms with Crippen molar-refractivity contribution in [1.82, 2.24) is 4.90 Å². The summed E-state index contributed by atoms with van der Waals surface area (Å²) in [4.78, 5) is 14.1. The molecular weight excluding hydrogens is 280 g/mol. The van der Waals surface area contributed by atoms with Gasteiger partial charge >= 0.3 is 0 Å². The SMILES string of the molecule is CC(=O)C(c1cc(Br)ccc1N)N1CCCC1. The molecule has 3 nitrogen and oxygen atoms in total. The van der Waals surface area contributed by atoms with Crippen LogP contribution in [0, 0.1) is 0 Å². The molecule has 1 heterocycles. The zero-order chi connectivity index (χ0) is 12.4. The molecule has 2 rings (SSSR count). The highest BCUT2D eigenvalue weighted by molar-refractivity contribution is 9.10. The van der Waals surface area contributed by atoms with Crippen LogP contribution in [0.2, 0.25) is 0 Å². The summed E-state index contributed by atoms with van der Waals surface area (Å²) < 4.78 is 0.965. The second-order valence-corrected chi connectivity index (χ2v) is 5.45. The molecule has 92 valence electrons. The average molecular weight is 297 g/mol. The van der Waals surface area contributed by atoms with Crippen LogP contribution in [0.4, 0.5) is 5.69 Å². The number of carbonyl (C=O) groups excluding carboxylic acids is 1.